The van der Waals surface area contributed by atoms with Gasteiger partial charge in [-0.15, -0.1) is 0 Å². The number of aromatic nitrogens is 1. The zero-order chi connectivity index (χ0) is 16.4. The van der Waals surface area contributed by atoms with Crippen LogP contribution in [-0.4, -0.2) is 23.9 Å². The van der Waals surface area contributed by atoms with Gasteiger partial charge in [0.25, 0.3) is 0 Å². The van der Waals surface area contributed by atoms with Crippen LogP contribution in [0.3, 0.4) is 0 Å². The van der Waals surface area contributed by atoms with E-state index >= 15 is 0 Å². The van der Waals surface area contributed by atoms with E-state index in [1.54, 1.807) is 14.0 Å². The topological polar surface area (TPSA) is 51.2 Å². The van der Waals surface area contributed by atoms with Gasteiger partial charge in [-0.1, -0.05) is 17.4 Å². The van der Waals surface area contributed by atoms with Gasteiger partial charge in [-0.2, -0.15) is 0 Å². The van der Waals surface area contributed by atoms with Crippen molar-refractivity contribution in [3.63, 3.8) is 0 Å². The maximum Gasteiger partial charge on any atom is 0.184 e. The molecule has 1 unspecified atom stereocenters. The fourth-order valence-electron chi connectivity index (χ4n) is 2.26. The Labute approximate surface area is 153 Å². The van der Waals surface area contributed by atoms with Crippen LogP contribution in [0.15, 0.2) is 42.5 Å². The first-order valence-electron chi connectivity index (χ1n) is 7.08. The number of thiazole rings is 1. The number of nitrogens with zero attached hydrogens (tertiary/aromatic N) is 1. The van der Waals surface area contributed by atoms with Crippen molar-refractivity contribution in [1.29, 1.82) is 0 Å². The summed E-state index contributed by atoms with van der Waals surface area (Å²) in [6.07, 6.45) is 0. The van der Waals surface area contributed by atoms with E-state index in [-0.39, 0.29) is 28.6 Å². The standard InChI is InChI=1S/C17H15FN2O2S.BrH/c1-10(16(21)11-6-8-12(18)9-7-11)19-17-20-15-13(22-2)4-3-5-14(15)23-17;/h3-10H,1-2H3,(H,19,20);1H/p-1. The predicted molar refractivity (Wildman–Crippen MR) is 90.0 cm³/mol. The molecule has 0 aliphatic rings. The molecule has 1 N–H and O–H groups in total. The van der Waals surface area contributed by atoms with Gasteiger partial charge in [-0.3, -0.25) is 4.79 Å². The summed E-state index contributed by atoms with van der Waals surface area (Å²) in [7, 11) is 1.60. The Morgan fingerprint density at radius 1 is 1.25 bits per heavy atom. The van der Waals surface area contributed by atoms with E-state index in [1.165, 1.54) is 35.6 Å². The molecular weight excluding hydrogens is 395 g/mol. The summed E-state index contributed by atoms with van der Waals surface area (Å²) < 4.78 is 19.2. The van der Waals surface area contributed by atoms with Crippen molar-refractivity contribution in [2.75, 3.05) is 12.4 Å². The molecule has 4 nitrogen and oxygen atoms in total. The van der Waals surface area contributed by atoms with E-state index in [4.69, 9.17) is 4.74 Å². The van der Waals surface area contributed by atoms with Gasteiger partial charge in [0, 0.05) is 5.56 Å². The molecule has 3 rings (SSSR count). The molecule has 0 fully saturated rings. The molecule has 0 aliphatic carbocycles. The van der Waals surface area contributed by atoms with Crippen LogP contribution in [0.1, 0.15) is 17.3 Å². The SMILES string of the molecule is COc1cccc2sc(NC(C)C(=O)c3ccc(F)cc3)nc12.[Br-]. The zero-order valence-corrected chi connectivity index (χ0v) is 15.4. The van der Waals surface area contributed by atoms with Gasteiger partial charge < -0.3 is 27.0 Å². The number of para-hydroxylation sites is 1. The second kappa shape index (κ2) is 7.72. The summed E-state index contributed by atoms with van der Waals surface area (Å²) in [4.78, 5) is 16.8. The number of nitrogens with one attached hydrogen (secondary N) is 1. The largest absolute Gasteiger partial charge is 1.00 e. The molecule has 2 aromatic carbocycles. The Morgan fingerprint density at radius 3 is 2.62 bits per heavy atom. The number of rotatable bonds is 5. The summed E-state index contributed by atoms with van der Waals surface area (Å²) in [5.74, 6) is 0.223. The third-order valence-corrected chi connectivity index (χ3v) is 4.42. The summed E-state index contributed by atoms with van der Waals surface area (Å²) >= 11 is 1.46. The second-order valence-electron chi connectivity index (χ2n) is 5.06. The molecule has 1 heterocycles. The number of ether oxygens (including phenoxy) is 1. The summed E-state index contributed by atoms with van der Waals surface area (Å²) in [5, 5.41) is 3.75. The minimum Gasteiger partial charge on any atom is -1.00 e. The van der Waals surface area contributed by atoms with Crippen molar-refractivity contribution >= 4 is 32.5 Å². The Bertz CT molecular complexity index is 851. The molecular formula is C17H15BrFN2O2S-. The highest BCUT2D eigenvalue weighted by Gasteiger charge is 2.17. The van der Waals surface area contributed by atoms with Crippen LogP contribution in [0.5, 0.6) is 5.75 Å². The van der Waals surface area contributed by atoms with Gasteiger partial charge in [0.2, 0.25) is 0 Å². The number of methoxy groups -OCH3 is 1. The Kier molecular flexibility index (Phi) is 5.90. The minimum atomic E-state index is -0.466. The molecule has 1 aromatic heterocycles. The van der Waals surface area contributed by atoms with Crippen LogP contribution in [0.2, 0.25) is 0 Å². The lowest BCUT2D eigenvalue weighted by molar-refractivity contribution is -0.0000129. The fourth-order valence-corrected chi connectivity index (χ4v) is 3.24. The number of halogens is 2. The first-order chi connectivity index (χ1) is 11.1. The normalized spacial score (nSPS) is 11.6. The number of hydrogen-bond acceptors (Lipinski definition) is 5. The number of carbonyl (C=O) groups excluding carboxylic acids is 1. The third kappa shape index (κ3) is 3.73. The lowest BCUT2D eigenvalue weighted by atomic mass is 10.1. The van der Waals surface area contributed by atoms with Crippen molar-refractivity contribution in [2.24, 2.45) is 0 Å². The molecule has 0 spiro atoms. The molecule has 0 bridgehead atoms. The smallest absolute Gasteiger partial charge is 0.184 e. The molecule has 0 radical (unpaired) electrons. The van der Waals surface area contributed by atoms with Gasteiger partial charge in [0.05, 0.1) is 17.9 Å². The van der Waals surface area contributed by atoms with Crippen LogP contribution in [0, 0.1) is 5.82 Å². The molecule has 0 amide bonds. The Balaban J connectivity index is 0.00000208. The van der Waals surface area contributed by atoms with Crippen LogP contribution < -0.4 is 27.0 Å². The van der Waals surface area contributed by atoms with Crippen molar-refractivity contribution < 1.29 is 30.9 Å². The summed E-state index contributed by atoms with van der Waals surface area (Å²) in [6.45, 7) is 1.76. The van der Waals surface area contributed by atoms with E-state index in [2.05, 4.69) is 10.3 Å². The quantitative estimate of drug-likeness (QED) is 0.641. The van der Waals surface area contributed by atoms with Crippen LogP contribution >= 0.6 is 11.3 Å². The third-order valence-electron chi connectivity index (χ3n) is 3.46. The highest BCUT2D eigenvalue weighted by Crippen LogP contribution is 2.32. The molecule has 1 atom stereocenters. The highest BCUT2D eigenvalue weighted by molar-refractivity contribution is 7.22. The van der Waals surface area contributed by atoms with E-state index < -0.39 is 6.04 Å². The number of carbonyl (C=O) groups is 1. The van der Waals surface area contributed by atoms with Crippen LogP contribution in [0.25, 0.3) is 10.2 Å². The number of benzene rings is 2. The molecule has 126 valence electrons. The predicted octanol–water partition coefficient (Wildman–Crippen LogP) is 1.13. The average molecular weight is 410 g/mol. The molecule has 0 saturated carbocycles. The number of hydrogen-bond donors (Lipinski definition) is 1. The first-order valence-corrected chi connectivity index (χ1v) is 7.90. The van der Waals surface area contributed by atoms with Crippen molar-refractivity contribution in [2.45, 2.75) is 13.0 Å². The van der Waals surface area contributed by atoms with E-state index in [0.717, 1.165) is 10.2 Å². The lowest BCUT2D eigenvalue weighted by Gasteiger charge is -2.11. The monoisotopic (exact) mass is 409 g/mol. The summed E-state index contributed by atoms with van der Waals surface area (Å²) in [6, 6.07) is 10.8. The molecule has 24 heavy (non-hydrogen) atoms. The fraction of sp³-hybridized carbons (Fsp3) is 0.176. The van der Waals surface area contributed by atoms with Crippen molar-refractivity contribution in [1.82, 2.24) is 4.98 Å². The maximum atomic E-state index is 12.9. The van der Waals surface area contributed by atoms with E-state index in [1.807, 2.05) is 18.2 Å². The maximum absolute atomic E-state index is 12.9. The molecule has 0 saturated heterocycles. The Hall–Kier alpha value is -1.99. The zero-order valence-electron chi connectivity index (χ0n) is 13.0. The van der Waals surface area contributed by atoms with E-state index in [9.17, 15) is 9.18 Å². The lowest BCUT2D eigenvalue weighted by Crippen LogP contribution is -3.00. The molecule has 0 aliphatic heterocycles. The Morgan fingerprint density at radius 2 is 1.96 bits per heavy atom. The minimum absolute atomic E-state index is 0. The molecule has 7 heteroatoms. The van der Waals surface area contributed by atoms with Crippen LogP contribution in [-0.2, 0) is 0 Å². The number of anilines is 1. The summed E-state index contributed by atoms with van der Waals surface area (Å²) in [5.41, 5.74) is 1.23. The number of fused-ring (bicyclic) bond motifs is 1. The van der Waals surface area contributed by atoms with Gasteiger partial charge in [0.15, 0.2) is 10.9 Å². The van der Waals surface area contributed by atoms with E-state index in [0.29, 0.717) is 16.4 Å². The number of ketones is 1. The number of Topliss-reactive ketones (excluding diaryl/α,β-unsaturated/α-hetero) is 1. The second-order valence-corrected chi connectivity index (χ2v) is 6.09. The van der Waals surface area contributed by atoms with Gasteiger partial charge >= 0.3 is 0 Å². The van der Waals surface area contributed by atoms with Gasteiger partial charge in [-0.05, 0) is 43.3 Å². The molecule has 3 aromatic rings. The first kappa shape index (κ1) is 18.4. The van der Waals surface area contributed by atoms with Crippen molar-refractivity contribution in [3.05, 3.63) is 53.8 Å². The average Bonchev–Trinajstić information content (AvgIpc) is 2.97. The van der Waals surface area contributed by atoms with Gasteiger partial charge in [-0.25, -0.2) is 9.37 Å². The van der Waals surface area contributed by atoms with Gasteiger partial charge in [0.1, 0.15) is 17.1 Å². The van der Waals surface area contributed by atoms with Crippen molar-refractivity contribution in [3.8, 4) is 5.75 Å². The van der Waals surface area contributed by atoms with Crippen LogP contribution in [0.4, 0.5) is 9.52 Å². The highest BCUT2D eigenvalue weighted by atomic mass is 79.9.